The highest BCUT2D eigenvalue weighted by molar-refractivity contribution is 7.89. The van der Waals surface area contributed by atoms with Gasteiger partial charge in [-0.2, -0.15) is 4.31 Å². The van der Waals surface area contributed by atoms with Crippen LogP contribution in [0.3, 0.4) is 0 Å². The third kappa shape index (κ3) is 2.72. The van der Waals surface area contributed by atoms with Crippen molar-refractivity contribution >= 4 is 16.0 Å². The molecule has 2 rings (SSSR count). The van der Waals surface area contributed by atoms with E-state index in [0.29, 0.717) is 13.2 Å². The Kier molecular flexibility index (Phi) is 4.17. The van der Waals surface area contributed by atoms with Crippen molar-refractivity contribution in [1.82, 2.24) is 8.87 Å². The fourth-order valence-corrected chi connectivity index (χ4v) is 3.72. The Hall–Kier alpha value is -1.38. The molecule has 1 atom stereocenters. The molecule has 1 aliphatic heterocycles. The van der Waals surface area contributed by atoms with E-state index in [1.54, 1.807) is 0 Å². The molecule has 1 aromatic rings. The van der Waals surface area contributed by atoms with Crippen LogP contribution in [0.5, 0.6) is 0 Å². The second-order valence-corrected chi connectivity index (χ2v) is 6.68. The molecule has 1 N–H and O–H groups in total. The third-order valence-corrected chi connectivity index (χ3v) is 5.22. The van der Waals surface area contributed by atoms with Gasteiger partial charge in [0.2, 0.25) is 10.0 Å². The molecular weight excluding hydrogens is 284 g/mol. The van der Waals surface area contributed by atoms with E-state index in [9.17, 15) is 13.2 Å². The van der Waals surface area contributed by atoms with E-state index in [-0.39, 0.29) is 23.2 Å². The minimum absolute atomic E-state index is 0.00848. The number of sulfonamides is 1. The summed E-state index contributed by atoms with van der Waals surface area (Å²) in [4.78, 5) is 11.0. The lowest BCUT2D eigenvalue weighted by Gasteiger charge is -2.31. The molecule has 7 nitrogen and oxygen atoms in total. The molecule has 1 aliphatic rings. The van der Waals surface area contributed by atoms with Gasteiger partial charge < -0.3 is 14.4 Å². The fraction of sp³-hybridized carbons (Fsp3) is 0.583. The Morgan fingerprint density at radius 3 is 2.80 bits per heavy atom. The number of nitrogens with zero attached hydrogens (tertiary/aromatic N) is 2. The Morgan fingerprint density at radius 2 is 2.25 bits per heavy atom. The number of carbonyl (C=O) groups is 1. The van der Waals surface area contributed by atoms with Crippen LogP contribution < -0.4 is 0 Å². The molecule has 0 radical (unpaired) electrons. The molecule has 0 aliphatic carbocycles. The first kappa shape index (κ1) is 15.0. The molecule has 0 saturated carbocycles. The zero-order valence-electron chi connectivity index (χ0n) is 11.4. The molecular formula is C12H18N2O5S. The van der Waals surface area contributed by atoms with Gasteiger partial charge in [-0.15, -0.1) is 0 Å². The average molecular weight is 302 g/mol. The maximum Gasteiger partial charge on any atom is 0.352 e. The Labute approximate surface area is 117 Å². The first-order valence-electron chi connectivity index (χ1n) is 6.37. The molecule has 0 spiro atoms. The molecule has 20 heavy (non-hydrogen) atoms. The van der Waals surface area contributed by atoms with E-state index in [2.05, 4.69) is 0 Å². The summed E-state index contributed by atoms with van der Waals surface area (Å²) >= 11 is 0. The van der Waals surface area contributed by atoms with Crippen molar-refractivity contribution < 1.29 is 23.1 Å². The lowest BCUT2D eigenvalue weighted by atomic mass is 10.2. The Morgan fingerprint density at radius 1 is 1.55 bits per heavy atom. The summed E-state index contributed by atoms with van der Waals surface area (Å²) in [7, 11) is -2.16. The standard InChI is InChI=1S/C12H18N2O5S/c1-3-9-7-14(4-5-19-9)20(17,18)10-6-11(12(15)16)13(2)8-10/h6,8-9H,3-5,7H2,1-2H3,(H,15,16). The molecule has 2 heterocycles. The Bertz CT molecular complexity index is 607. The molecule has 1 fully saturated rings. The van der Waals surface area contributed by atoms with Crippen molar-refractivity contribution in [3.63, 3.8) is 0 Å². The first-order chi connectivity index (χ1) is 9.36. The number of carboxylic acids is 1. The van der Waals surface area contributed by atoms with Crippen molar-refractivity contribution in [3.05, 3.63) is 18.0 Å². The smallest absolute Gasteiger partial charge is 0.352 e. The summed E-state index contributed by atoms with van der Waals surface area (Å²) in [6, 6.07) is 1.19. The average Bonchev–Trinajstić information content (AvgIpc) is 2.82. The number of ether oxygens (including phenoxy) is 1. The van der Waals surface area contributed by atoms with Crippen LogP contribution in [0.1, 0.15) is 23.8 Å². The predicted octanol–water partition coefficient (Wildman–Crippen LogP) is 0.523. The van der Waals surface area contributed by atoms with Gasteiger partial charge in [0, 0.05) is 26.3 Å². The second-order valence-electron chi connectivity index (χ2n) is 4.74. The van der Waals surface area contributed by atoms with Gasteiger partial charge in [-0.25, -0.2) is 13.2 Å². The zero-order chi connectivity index (χ0) is 14.9. The largest absolute Gasteiger partial charge is 0.477 e. The van der Waals surface area contributed by atoms with E-state index < -0.39 is 16.0 Å². The van der Waals surface area contributed by atoms with E-state index in [4.69, 9.17) is 9.84 Å². The quantitative estimate of drug-likeness (QED) is 0.876. The molecule has 0 bridgehead atoms. The lowest BCUT2D eigenvalue weighted by molar-refractivity contribution is -0.00278. The van der Waals surface area contributed by atoms with E-state index in [1.807, 2.05) is 6.92 Å². The van der Waals surface area contributed by atoms with Crippen LogP contribution >= 0.6 is 0 Å². The van der Waals surface area contributed by atoms with Crippen LogP contribution in [0.2, 0.25) is 0 Å². The highest BCUT2D eigenvalue weighted by Gasteiger charge is 2.31. The van der Waals surface area contributed by atoms with Gasteiger partial charge in [0.05, 0.1) is 12.7 Å². The van der Waals surface area contributed by atoms with E-state index in [1.165, 1.54) is 28.2 Å². The van der Waals surface area contributed by atoms with Crippen LogP contribution in [0.15, 0.2) is 17.2 Å². The summed E-state index contributed by atoms with van der Waals surface area (Å²) in [5, 5.41) is 8.99. The summed E-state index contributed by atoms with van der Waals surface area (Å²) < 4.78 is 33.1. The van der Waals surface area contributed by atoms with Crippen LogP contribution in [-0.2, 0) is 21.8 Å². The number of aryl methyl sites for hydroxylation is 1. The maximum absolute atomic E-state index is 12.5. The molecule has 0 aromatic carbocycles. The third-order valence-electron chi connectivity index (χ3n) is 3.39. The van der Waals surface area contributed by atoms with Crippen molar-refractivity contribution in [2.75, 3.05) is 19.7 Å². The van der Waals surface area contributed by atoms with Gasteiger partial charge in [-0.1, -0.05) is 6.92 Å². The van der Waals surface area contributed by atoms with E-state index in [0.717, 1.165) is 6.42 Å². The summed E-state index contributed by atoms with van der Waals surface area (Å²) in [5.74, 6) is -1.15. The number of aromatic carboxylic acids is 1. The van der Waals surface area contributed by atoms with Gasteiger partial charge in [0.1, 0.15) is 10.6 Å². The van der Waals surface area contributed by atoms with Crippen molar-refractivity contribution in [1.29, 1.82) is 0 Å². The van der Waals surface area contributed by atoms with Crippen LogP contribution in [0, 0.1) is 0 Å². The second kappa shape index (κ2) is 5.55. The van der Waals surface area contributed by atoms with Gasteiger partial charge in [0.15, 0.2) is 0 Å². The number of morpholine rings is 1. The zero-order valence-corrected chi connectivity index (χ0v) is 12.3. The summed E-state index contributed by atoms with van der Waals surface area (Å²) in [6.45, 7) is 2.88. The van der Waals surface area contributed by atoms with Gasteiger partial charge in [-0.05, 0) is 12.5 Å². The predicted molar refractivity (Wildman–Crippen MR) is 71.2 cm³/mol. The topological polar surface area (TPSA) is 88.8 Å². The molecule has 1 unspecified atom stereocenters. The summed E-state index contributed by atoms with van der Waals surface area (Å²) in [6.07, 6.45) is 1.96. The highest BCUT2D eigenvalue weighted by Crippen LogP contribution is 2.21. The van der Waals surface area contributed by atoms with E-state index >= 15 is 0 Å². The first-order valence-corrected chi connectivity index (χ1v) is 7.81. The molecule has 8 heteroatoms. The lowest BCUT2D eigenvalue weighted by Crippen LogP contribution is -2.45. The minimum Gasteiger partial charge on any atom is -0.477 e. The Balaban J connectivity index is 2.30. The van der Waals surface area contributed by atoms with Gasteiger partial charge in [0.25, 0.3) is 0 Å². The normalized spacial score (nSPS) is 21.0. The number of aromatic nitrogens is 1. The van der Waals surface area contributed by atoms with Crippen molar-refractivity contribution in [3.8, 4) is 0 Å². The number of rotatable bonds is 4. The number of hydrogen-bond acceptors (Lipinski definition) is 4. The molecule has 1 aromatic heterocycles. The highest BCUT2D eigenvalue weighted by atomic mass is 32.2. The SMILES string of the molecule is CCC1CN(S(=O)(=O)c2cc(C(=O)O)n(C)c2)CCO1. The van der Waals surface area contributed by atoms with Crippen LogP contribution in [0.4, 0.5) is 0 Å². The van der Waals surface area contributed by atoms with Gasteiger partial charge in [-0.3, -0.25) is 0 Å². The fourth-order valence-electron chi connectivity index (χ4n) is 2.19. The molecule has 112 valence electrons. The van der Waals surface area contributed by atoms with Crippen molar-refractivity contribution in [2.45, 2.75) is 24.3 Å². The maximum atomic E-state index is 12.5. The monoisotopic (exact) mass is 302 g/mol. The van der Waals surface area contributed by atoms with Crippen LogP contribution in [-0.4, -0.2) is 54.2 Å². The minimum atomic E-state index is -3.67. The number of carboxylic acid groups (broad SMARTS) is 1. The van der Waals surface area contributed by atoms with Crippen LogP contribution in [0.25, 0.3) is 0 Å². The summed E-state index contributed by atoms with van der Waals surface area (Å²) in [5.41, 5.74) is -0.0520. The molecule has 1 saturated heterocycles. The number of hydrogen-bond donors (Lipinski definition) is 1. The van der Waals surface area contributed by atoms with Crippen molar-refractivity contribution in [2.24, 2.45) is 7.05 Å². The van der Waals surface area contributed by atoms with Gasteiger partial charge >= 0.3 is 5.97 Å². The molecule has 0 amide bonds.